The Morgan fingerprint density at radius 1 is 0.772 bits per heavy atom. The number of ether oxygens (including phenoxy) is 6. The lowest BCUT2D eigenvalue weighted by Crippen LogP contribution is -2.65. The van der Waals surface area contributed by atoms with Crippen LogP contribution >= 0.6 is 0 Å². The molecule has 3 aliphatic heterocycles. The van der Waals surface area contributed by atoms with Crippen LogP contribution in [0.15, 0.2) is 0 Å². The fraction of sp³-hybridized carbons (Fsp3) is 0.977. The Kier molecular flexibility index (Phi) is 10.3. The van der Waals surface area contributed by atoms with Gasteiger partial charge in [0.1, 0.15) is 30.5 Å². The number of aliphatic hydroxyl groups excluding tert-OH is 6. The Hall–Kier alpha value is -1.01. The summed E-state index contributed by atoms with van der Waals surface area (Å²) >= 11 is 0. The normalized spacial score (nSPS) is 56.9. The molecule has 0 aromatic rings. The summed E-state index contributed by atoms with van der Waals surface area (Å²) < 4.78 is 37.9. The minimum absolute atomic E-state index is 0.0490. The molecular formula is C43H70O14. The first-order chi connectivity index (χ1) is 26.4. The number of hydrogen-bond donors (Lipinski definition) is 7. The first-order valence-electron chi connectivity index (χ1n) is 21.6. The summed E-state index contributed by atoms with van der Waals surface area (Å²) in [6.45, 7) is 17.4. The highest BCUT2D eigenvalue weighted by Gasteiger charge is 2.85. The highest BCUT2D eigenvalue weighted by Crippen LogP contribution is 2.89. The van der Waals surface area contributed by atoms with Gasteiger partial charge in [-0.3, -0.25) is 4.79 Å². The van der Waals surface area contributed by atoms with Crippen molar-refractivity contribution in [2.75, 3.05) is 6.61 Å². The monoisotopic (exact) mass is 810 g/mol. The van der Waals surface area contributed by atoms with Gasteiger partial charge in [-0.1, -0.05) is 27.7 Å². The second-order valence-electron chi connectivity index (χ2n) is 21.6. The molecular weight excluding hydrogens is 740 g/mol. The van der Waals surface area contributed by atoms with Gasteiger partial charge in [-0.25, -0.2) is 0 Å². The van der Waals surface area contributed by atoms with Gasteiger partial charge in [0.2, 0.25) is 0 Å². The molecule has 8 aliphatic rings. The van der Waals surface area contributed by atoms with E-state index in [2.05, 4.69) is 34.6 Å². The molecule has 14 nitrogen and oxygen atoms in total. The van der Waals surface area contributed by atoms with Crippen molar-refractivity contribution in [2.45, 2.75) is 211 Å². The molecule has 57 heavy (non-hydrogen) atoms. The number of aliphatic hydroxyl groups is 7. The van der Waals surface area contributed by atoms with Crippen LogP contribution in [0.2, 0.25) is 0 Å². The van der Waals surface area contributed by atoms with Gasteiger partial charge in [0.25, 0.3) is 0 Å². The van der Waals surface area contributed by atoms with E-state index < -0.39 is 96.2 Å². The van der Waals surface area contributed by atoms with Crippen LogP contribution in [-0.2, 0) is 33.2 Å². The zero-order chi connectivity index (χ0) is 41.6. The molecule has 326 valence electrons. The maximum atomic E-state index is 12.2. The van der Waals surface area contributed by atoms with E-state index in [1.54, 1.807) is 20.8 Å². The summed E-state index contributed by atoms with van der Waals surface area (Å²) in [5.74, 6) is -0.773. The van der Waals surface area contributed by atoms with E-state index in [1.165, 1.54) is 6.92 Å². The van der Waals surface area contributed by atoms with E-state index in [4.69, 9.17) is 28.4 Å². The predicted molar refractivity (Wildman–Crippen MR) is 202 cm³/mol. The molecule has 8 fully saturated rings. The lowest BCUT2D eigenvalue weighted by molar-refractivity contribution is -0.335. The van der Waals surface area contributed by atoms with E-state index in [-0.39, 0.29) is 52.1 Å². The molecule has 14 heteroatoms. The molecule has 21 atom stereocenters. The Morgan fingerprint density at radius 3 is 2.12 bits per heavy atom. The van der Waals surface area contributed by atoms with Crippen LogP contribution < -0.4 is 0 Å². The molecule has 0 amide bonds. The van der Waals surface area contributed by atoms with Crippen LogP contribution in [-0.4, -0.2) is 139 Å². The van der Waals surface area contributed by atoms with Gasteiger partial charge in [0, 0.05) is 12.8 Å². The first kappa shape index (κ1) is 42.7. The molecule has 3 heterocycles. The number of esters is 1. The Balaban J connectivity index is 1.14. The SMILES string of the molecule is CC(=O)O[C@H]1[C@H](O[C@H]2CC[C@]34C[C@]35CC[C@]3(C)[C@@H]([C@@]6(C)CC[C@@H](C(C)(C)O)O6)[C@@H](O)C[C@@]3(C)[C@@H]5C[C@H](O[C@@H]3O[C@@H](C)[C@H](O)[C@@H](O)[C@H]3O)[C@H]4C2(C)C)OC[C@@H](O)[C@@H]1O. The average molecular weight is 811 g/mol. The number of carbonyl (C=O) groups is 1. The van der Waals surface area contributed by atoms with E-state index in [0.717, 1.165) is 38.5 Å². The van der Waals surface area contributed by atoms with E-state index in [0.29, 0.717) is 19.3 Å². The van der Waals surface area contributed by atoms with E-state index in [1.807, 2.05) is 0 Å². The van der Waals surface area contributed by atoms with Crippen molar-refractivity contribution in [3.63, 3.8) is 0 Å². The van der Waals surface area contributed by atoms with E-state index >= 15 is 0 Å². The molecule has 0 radical (unpaired) electrons. The van der Waals surface area contributed by atoms with E-state index in [9.17, 15) is 40.5 Å². The van der Waals surface area contributed by atoms with Crippen molar-refractivity contribution in [3.05, 3.63) is 0 Å². The molecule has 0 unspecified atom stereocenters. The molecule has 7 N–H and O–H groups in total. The van der Waals surface area contributed by atoms with Crippen LogP contribution in [0.5, 0.6) is 0 Å². The van der Waals surface area contributed by atoms with Gasteiger partial charge in [-0.15, -0.1) is 0 Å². The van der Waals surface area contributed by atoms with Gasteiger partial charge >= 0.3 is 5.97 Å². The summed E-state index contributed by atoms with van der Waals surface area (Å²) in [7, 11) is 0. The third kappa shape index (κ3) is 6.11. The van der Waals surface area contributed by atoms with Crippen molar-refractivity contribution in [1.29, 1.82) is 0 Å². The van der Waals surface area contributed by atoms with Crippen LogP contribution in [0, 0.1) is 44.8 Å². The average Bonchev–Trinajstić information content (AvgIpc) is 3.47. The number of hydrogen-bond acceptors (Lipinski definition) is 14. The Labute approximate surface area is 336 Å². The fourth-order valence-electron chi connectivity index (χ4n) is 15.1. The maximum Gasteiger partial charge on any atom is 0.303 e. The second kappa shape index (κ2) is 13.7. The quantitative estimate of drug-likeness (QED) is 0.145. The smallest absolute Gasteiger partial charge is 0.303 e. The molecule has 2 spiro atoms. The Morgan fingerprint density at radius 2 is 1.47 bits per heavy atom. The summed E-state index contributed by atoms with van der Waals surface area (Å²) in [4.78, 5) is 12.1. The van der Waals surface area contributed by atoms with Crippen LogP contribution in [0.3, 0.4) is 0 Å². The summed E-state index contributed by atoms with van der Waals surface area (Å²) in [5, 5.41) is 77.2. The van der Waals surface area contributed by atoms with Crippen LogP contribution in [0.1, 0.15) is 120 Å². The lowest BCUT2D eigenvalue weighted by atomic mass is 9.41. The van der Waals surface area contributed by atoms with Gasteiger partial charge in [0.15, 0.2) is 18.7 Å². The molecule has 5 aliphatic carbocycles. The minimum Gasteiger partial charge on any atom is -0.454 e. The molecule has 5 saturated carbocycles. The number of fused-ring (bicyclic) bond motifs is 2. The summed E-state index contributed by atoms with van der Waals surface area (Å²) in [6, 6.07) is 0. The molecule has 8 rings (SSSR count). The van der Waals surface area contributed by atoms with Crippen molar-refractivity contribution < 1.29 is 69.0 Å². The molecule has 0 bridgehead atoms. The van der Waals surface area contributed by atoms with Gasteiger partial charge < -0.3 is 64.2 Å². The zero-order valence-corrected chi connectivity index (χ0v) is 35.3. The highest BCUT2D eigenvalue weighted by molar-refractivity contribution is 5.66. The third-order valence-corrected chi connectivity index (χ3v) is 17.9. The van der Waals surface area contributed by atoms with Gasteiger partial charge in [0.05, 0.1) is 48.3 Å². The third-order valence-electron chi connectivity index (χ3n) is 17.9. The Bertz CT molecular complexity index is 1550. The largest absolute Gasteiger partial charge is 0.454 e. The molecule has 3 saturated heterocycles. The van der Waals surface area contributed by atoms with Crippen molar-refractivity contribution in [2.24, 2.45) is 44.8 Å². The first-order valence-corrected chi connectivity index (χ1v) is 21.6. The highest BCUT2D eigenvalue weighted by atomic mass is 16.7. The van der Waals surface area contributed by atoms with Crippen molar-refractivity contribution >= 4 is 5.97 Å². The lowest BCUT2D eigenvalue weighted by Gasteiger charge is -2.65. The second-order valence-corrected chi connectivity index (χ2v) is 21.6. The van der Waals surface area contributed by atoms with Crippen molar-refractivity contribution in [1.82, 2.24) is 0 Å². The minimum atomic E-state index is -1.49. The predicted octanol–water partition coefficient (Wildman–Crippen LogP) is 2.32. The van der Waals surface area contributed by atoms with Gasteiger partial charge in [-0.05, 0) is 124 Å². The molecule has 0 aromatic carbocycles. The summed E-state index contributed by atoms with van der Waals surface area (Å²) in [6.07, 6.45) is -6.05. The zero-order valence-electron chi connectivity index (χ0n) is 35.3. The maximum absolute atomic E-state index is 12.2. The van der Waals surface area contributed by atoms with Crippen molar-refractivity contribution in [3.8, 4) is 0 Å². The number of carbonyl (C=O) groups excluding carboxylic acids is 1. The number of rotatable bonds is 7. The van der Waals surface area contributed by atoms with Gasteiger partial charge in [-0.2, -0.15) is 0 Å². The topological polar surface area (TPSA) is 214 Å². The van der Waals surface area contributed by atoms with Crippen LogP contribution in [0.25, 0.3) is 0 Å². The standard InChI is InChI=1S/C43H70O14/c1-20-28(47)30(49)31(50)35(53-20)55-24-16-25-40(8)17-22(45)33(41(9)12-10-27(57-41)38(5,6)51)39(40,7)14-15-42(25)19-43(42)13-11-26(37(3,4)34(24)43)56-36-32(54-21(2)44)29(48)23(46)18-52-36/h20,22-36,45-51H,10-19H2,1-9H3/t20-,22-,23+,24-,25-,26-,27-,28-,29-,30+,31+,32+,33-,34-,35-,36-,39+,40-,41+,42-,43+/m0/s1. The van der Waals surface area contributed by atoms with Crippen LogP contribution in [0.4, 0.5) is 0 Å². The molecule has 0 aromatic heterocycles. The fourth-order valence-corrected chi connectivity index (χ4v) is 15.1. The summed E-state index contributed by atoms with van der Waals surface area (Å²) in [5.41, 5.74) is -3.06.